The predicted molar refractivity (Wildman–Crippen MR) is 128 cm³/mol. The van der Waals surface area contributed by atoms with Crippen molar-refractivity contribution in [2.45, 2.75) is 25.7 Å². The number of hydrogen-bond donors (Lipinski definition) is 0. The molecule has 2 aromatic rings. The second-order valence-electron chi connectivity index (χ2n) is 7.97. The van der Waals surface area contributed by atoms with Crippen molar-refractivity contribution >= 4 is 5.97 Å². The summed E-state index contributed by atoms with van der Waals surface area (Å²) in [6, 6.07) is 10.7. The molecule has 0 aromatic heterocycles. The molecule has 2 atom stereocenters. The van der Waals surface area contributed by atoms with E-state index in [1.54, 1.807) is 36.4 Å². The van der Waals surface area contributed by atoms with E-state index in [0.717, 1.165) is 6.07 Å². The minimum atomic E-state index is -0.901. The van der Waals surface area contributed by atoms with Crippen LogP contribution in [0.4, 0.5) is 13.2 Å². The Morgan fingerprint density at radius 2 is 1.74 bits per heavy atom. The molecule has 184 valence electrons. The van der Waals surface area contributed by atoms with E-state index < -0.39 is 35.3 Å². The highest BCUT2D eigenvalue weighted by Gasteiger charge is 2.29. The molecule has 2 aromatic carbocycles. The van der Waals surface area contributed by atoms with Crippen LogP contribution in [0.3, 0.4) is 0 Å². The number of carbonyl (C=O) groups excluding carboxylic acids is 1. The monoisotopic (exact) mass is 484 g/mol. The van der Waals surface area contributed by atoms with Crippen molar-refractivity contribution in [3.63, 3.8) is 0 Å². The van der Waals surface area contributed by atoms with Gasteiger partial charge < -0.3 is 14.2 Å². The molecule has 0 saturated carbocycles. The van der Waals surface area contributed by atoms with Gasteiger partial charge in [0.25, 0.3) is 0 Å². The zero-order valence-electron chi connectivity index (χ0n) is 19.8. The Kier molecular flexibility index (Phi) is 8.58. The fourth-order valence-corrected chi connectivity index (χ4v) is 3.78. The molecule has 0 N–H and O–H groups in total. The molecule has 1 aliphatic carbocycles. The molecule has 0 amide bonds. The Labute approximate surface area is 203 Å². The van der Waals surface area contributed by atoms with Crippen molar-refractivity contribution in [3.8, 4) is 17.2 Å². The summed E-state index contributed by atoms with van der Waals surface area (Å²) in [5.74, 6) is -3.90. The van der Waals surface area contributed by atoms with Gasteiger partial charge in [-0.2, -0.15) is 0 Å². The van der Waals surface area contributed by atoms with Crippen LogP contribution in [0.25, 0.3) is 0 Å². The van der Waals surface area contributed by atoms with Crippen LogP contribution in [0.5, 0.6) is 17.2 Å². The van der Waals surface area contributed by atoms with Gasteiger partial charge in [-0.1, -0.05) is 43.9 Å². The fraction of sp³-hybridized carbons (Fsp3) is 0.250. The number of halogens is 3. The van der Waals surface area contributed by atoms with Crippen LogP contribution in [-0.2, 0) is 4.79 Å². The van der Waals surface area contributed by atoms with Crippen molar-refractivity contribution in [2.75, 3.05) is 14.2 Å². The van der Waals surface area contributed by atoms with Crippen molar-refractivity contribution < 1.29 is 32.2 Å². The maximum atomic E-state index is 15.0. The summed E-state index contributed by atoms with van der Waals surface area (Å²) in [5.41, 5.74) is 0.809. The van der Waals surface area contributed by atoms with Crippen LogP contribution >= 0.6 is 0 Å². The molecule has 2 unspecified atom stereocenters. The largest absolute Gasteiger partial charge is 0.497 e. The van der Waals surface area contributed by atoms with Crippen LogP contribution in [-0.4, -0.2) is 20.2 Å². The van der Waals surface area contributed by atoms with E-state index >= 15 is 4.39 Å². The standard InChI is InChI=1S/C28H27F3O4/c1-5-18(7-6-17(2)28(32)35-25-15-12-21(34-4)16-24(25)29)22-13-14-23(27(31)26(22)30)19-8-10-20(33-3)11-9-19/h6-13,15-16,18,23H,2,5,14H2,1,3-4H3/b7-6-. The van der Waals surface area contributed by atoms with Gasteiger partial charge in [-0.3, -0.25) is 0 Å². The van der Waals surface area contributed by atoms with Crippen LogP contribution in [0.2, 0.25) is 0 Å². The molecule has 0 saturated heterocycles. The zero-order chi connectivity index (χ0) is 25.5. The number of carbonyl (C=O) groups is 1. The number of methoxy groups -OCH3 is 2. The summed E-state index contributed by atoms with van der Waals surface area (Å²) in [6.45, 7) is 5.47. The van der Waals surface area contributed by atoms with Crippen LogP contribution in [0, 0.1) is 11.7 Å². The van der Waals surface area contributed by atoms with E-state index in [4.69, 9.17) is 14.2 Å². The molecule has 7 heteroatoms. The molecule has 4 nitrogen and oxygen atoms in total. The Hall–Kier alpha value is -3.74. The highest BCUT2D eigenvalue weighted by Crippen LogP contribution is 2.42. The highest BCUT2D eigenvalue weighted by atomic mass is 19.2. The SMILES string of the molecule is C=C(/C=C\C(CC)C1=CCC(c2ccc(OC)cc2)C(F)=C1F)C(=O)Oc1ccc(OC)cc1F. The third-order valence-electron chi connectivity index (χ3n) is 5.83. The smallest absolute Gasteiger partial charge is 0.343 e. The summed E-state index contributed by atoms with van der Waals surface area (Å²) in [7, 11) is 2.93. The van der Waals surface area contributed by atoms with Gasteiger partial charge in [0.15, 0.2) is 17.4 Å². The molecule has 35 heavy (non-hydrogen) atoms. The molecular weight excluding hydrogens is 457 g/mol. The first kappa shape index (κ1) is 25.9. The number of benzene rings is 2. The van der Waals surface area contributed by atoms with Crippen molar-refractivity contribution in [3.05, 3.63) is 101 Å². The molecule has 1 aliphatic rings. The Bertz CT molecular complexity index is 1180. The highest BCUT2D eigenvalue weighted by molar-refractivity contribution is 5.92. The Balaban J connectivity index is 1.70. The maximum absolute atomic E-state index is 15.0. The van der Waals surface area contributed by atoms with Gasteiger partial charge in [-0.25, -0.2) is 18.0 Å². The lowest BCUT2D eigenvalue weighted by Gasteiger charge is -2.24. The molecule has 0 radical (unpaired) electrons. The third-order valence-corrected chi connectivity index (χ3v) is 5.83. The Morgan fingerprint density at radius 1 is 1.09 bits per heavy atom. The van der Waals surface area contributed by atoms with Gasteiger partial charge in [-0.15, -0.1) is 0 Å². The molecule has 3 rings (SSSR count). The van der Waals surface area contributed by atoms with Gasteiger partial charge in [0.1, 0.15) is 17.3 Å². The molecule has 0 spiro atoms. The normalized spacial score (nSPS) is 16.6. The summed E-state index contributed by atoms with van der Waals surface area (Å²) < 4.78 is 59.2. The number of rotatable bonds is 9. The topological polar surface area (TPSA) is 44.8 Å². The van der Waals surface area contributed by atoms with Gasteiger partial charge in [0.2, 0.25) is 0 Å². The maximum Gasteiger partial charge on any atom is 0.343 e. The quantitative estimate of drug-likeness (QED) is 0.164. The van der Waals surface area contributed by atoms with Gasteiger partial charge in [-0.05, 0) is 48.2 Å². The lowest BCUT2D eigenvalue weighted by Crippen LogP contribution is -2.12. The average Bonchev–Trinajstić information content (AvgIpc) is 2.87. The van der Waals surface area contributed by atoms with Crippen molar-refractivity contribution in [2.24, 2.45) is 5.92 Å². The predicted octanol–water partition coefficient (Wildman–Crippen LogP) is 7.15. The van der Waals surface area contributed by atoms with Crippen LogP contribution < -0.4 is 14.2 Å². The molecular formula is C28H27F3O4. The minimum absolute atomic E-state index is 0.0592. The first-order chi connectivity index (χ1) is 16.8. The van der Waals surface area contributed by atoms with Crippen LogP contribution in [0.15, 0.2) is 90.1 Å². The van der Waals surface area contributed by atoms with Gasteiger partial charge in [0.05, 0.1) is 19.8 Å². The van der Waals surface area contributed by atoms with Gasteiger partial charge >= 0.3 is 5.97 Å². The number of allylic oxidation sites excluding steroid dienone is 5. The molecule has 0 heterocycles. The first-order valence-corrected chi connectivity index (χ1v) is 11.1. The minimum Gasteiger partial charge on any atom is -0.497 e. The zero-order valence-corrected chi connectivity index (χ0v) is 19.8. The van der Waals surface area contributed by atoms with E-state index in [1.165, 1.54) is 32.4 Å². The van der Waals surface area contributed by atoms with Crippen molar-refractivity contribution in [1.29, 1.82) is 0 Å². The van der Waals surface area contributed by atoms with Crippen molar-refractivity contribution in [1.82, 2.24) is 0 Å². The summed E-state index contributed by atoms with van der Waals surface area (Å²) in [4.78, 5) is 12.3. The van der Waals surface area contributed by atoms with E-state index in [1.807, 2.05) is 6.92 Å². The van der Waals surface area contributed by atoms with Gasteiger partial charge in [0, 0.05) is 17.9 Å². The molecule has 0 bridgehead atoms. The number of ether oxygens (including phenoxy) is 3. The van der Waals surface area contributed by atoms with E-state index in [0.29, 0.717) is 24.2 Å². The number of esters is 1. The summed E-state index contributed by atoms with van der Waals surface area (Å²) in [6.07, 6.45) is 5.39. The molecule has 0 aliphatic heterocycles. The number of hydrogen-bond acceptors (Lipinski definition) is 4. The fourth-order valence-electron chi connectivity index (χ4n) is 3.78. The summed E-state index contributed by atoms with van der Waals surface area (Å²) >= 11 is 0. The lowest BCUT2D eigenvalue weighted by atomic mass is 9.83. The van der Waals surface area contributed by atoms with E-state index in [-0.39, 0.29) is 22.6 Å². The third kappa shape index (κ3) is 6.04. The first-order valence-electron chi connectivity index (χ1n) is 11.1. The second kappa shape index (κ2) is 11.6. The Morgan fingerprint density at radius 3 is 2.34 bits per heavy atom. The molecule has 0 fully saturated rings. The average molecular weight is 485 g/mol. The lowest BCUT2D eigenvalue weighted by molar-refractivity contribution is -0.129. The summed E-state index contributed by atoms with van der Waals surface area (Å²) in [5, 5.41) is 0. The van der Waals surface area contributed by atoms with E-state index in [9.17, 15) is 13.6 Å². The van der Waals surface area contributed by atoms with E-state index in [2.05, 4.69) is 6.58 Å². The van der Waals surface area contributed by atoms with Crippen LogP contribution in [0.1, 0.15) is 31.2 Å². The second-order valence-corrected chi connectivity index (χ2v) is 7.97.